The van der Waals surface area contributed by atoms with Crippen molar-refractivity contribution in [3.8, 4) is 5.75 Å². The zero-order valence-electron chi connectivity index (χ0n) is 22.2. The highest BCUT2D eigenvalue weighted by Gasteiger charge is 2.24. The van der Waals surface area contributed by atoms with Crippen molar-refractivity contribution in [3.63, 3.8) is 0 Å². The highest BCUT2D eigenvalue weighted by Crippen LogP contribution is 2.19. The van der Waals surface area contributed by atoms with E-state index in [0.717, 1.165) is 22.0 Å². The third-order valence-corrected chi connectivity index (χ3v) is 6.32. The molecular formula is C30H30N4O7. The van der Waals surface area contributed by atoms with Gasteiger partial charge in [-0.3, -0.25) is 14.9 Å². The van der Waals surface area contributed by atoms with Gasteiger partial charge in [-0.2, -0.15) is 0 Å². The van der Waals surface area contributed by atoms with Gasteiger partial charge in [0.05, 0.1) is 11.3 Å². The lowest BCUT2D eigenvalue weighted by molar-refractivity contribution is -0.384. The van der Waals surface area contributed by atoms with Crippen LogP contribution in [0.15, 0.2) is 85.1 Å². The van der Waals surface area contributed by atoms with E-state index in [1.54, 1.807) is 12.1 Å². The number of ether oxygens (including phenoxy) is 2. The van der Waals surface area contributed by atoms with Gasteiger partial charge in [0.2, 0.25) is 5.91 Å². The highest BCUT2D eigenvalue weighted by molar-refractivity contribution is 5.88. The van der Waals surface area contributed by atoms with Crippen molar-refractivity contribution in [2.75, 3.05) is 6.54 Å². The molecule has 0 fully saturated rings. The highest BCUT2D eigenvalue weighted by atomic mass is 16.6. The zero-order valence-corrected chi connectivity index (χ0v) is 22.2. The van der Waals surface area contributed by atoms with Crippen LogP contribution in [0.4, 0.5) is 10.5 Å². The third kappa shape index (κ3) is 8.65. The number of esters is 1. The van der Waals surface area contributed by atoms with E-state index in [2.05, 4.69) is 15.6 Å². The minimum absolute atomic E-state index is 0.0270. The van der Waals surface area contributed by atoms with Gasteiger partial charge in [-0.05, 0) is 48.6 Å². The fourth-order valence-corrected chi connectivity index (χ4v) is 4.19. The quantitative estimate of drug-likeness (QED) is 0.0700. The lowest BCUT2D eigenvalue weighted by Crippen LogP contribution is -2.43. The first-order valence-electron chi connectivity index (χ1n) is 13.1. The van der Waals surface area contributed by atoms with Gasteiger partial charge in [0.1, 0.15) is 18.4 Å². The third-order valence-electron chi connectivity index (χ3n) is 6.32. The Bertz CT molecular complexity index is 1490. The van der Waals surface area contributed by atoms with Crippen LogP contribution in [0.1, 0.15) is 30.4 Å². The summed E-state index contributed by atoms with van der Waals surface area (Å²) in [6.45, 7) is 0.420. The molecule has 0 unspecified atom stereocenters. The average Bonchev–Trinajstić information content (AvgIpc) is 3.38. The Morgan fingerprint density at radius 3 is 2.41 bits per heavy atom. The van der Waals surface area contributed by atoms with E-state index in [4.69, 9.17) is 9.47 Å². The molecule has 212 valence electrons. The molecule has 0 aliphatic rings. The molecule has 0 aliphatic heterocycles. The molecule has 4 aromatic rings. The van der Waals surface area contributed by atoms with E-state index >= 15 is 0 Å². The van der Waals surface area contributed by atoms with Crippen molar-refractivity contribution in [2.24, 2.45) is 0 Å². The Morgan fingerprint density at radius 1 is 0.927 bits per heavy atom. The first-order chi connectivity index (χ1) is 19.9. The Hall–Kier alpha value is -5.19. The number of fused-ring (bicyclic) bond motifs is 1. The van der Waals surface area contributed by atoms with E-state index in [0.29, 0.717) is 19.4 Å². The normalized spacial score (nSPS) is 11.4. The molecular weight excluding hydrogens is 528 g/mol. The first-order valence-corrected chi connectivity index (χ1v) is 13.1. The Labute approximate surface area is 236 Å². The largest absolute Gasteiger partial charge is 0.445 e. The van der Waals surface area contributed by atoms with Gasteiger partial charge in [0, 0.05) is 35.8 Å². The number of benzene rings is 3. The Balaban J connectivity index is 1.27. The van der Waals surface area contributed by atoms with Gasteiger partial charge >= 0.3 is 12.1 Å². The minimum atomic E-state index is -1.03. The van der Waals surface area contributed by atoms with Gasteiger partial charge in [0.25, 0.3) is 5.69 Å². The van der Waals surface area contributed by atoms with Gasteiger partial charge < -0.3 is 25.1 Å². The predicted molar refractivity (Wildman–Crippen MR) is 151 cm³/mol. The number of aromatic amines is 1. The molecule has 4 rings (SSSR count). The molecule has 3 aromatic carbocycles. The van der Waals surface area contributed by atoms with Gasteiger partial charge in [-0.25, -0.2) is 9.59 Å². The van der Waals surface area contributed by atoms with Gasteiger partial charge in [-0.15, -0.1) is 0 Å². The summed E-state index contributed by atoms with van der Waals surface area (Å²) in [5.74, 6) is -0.750. The second-order valence-corrected chi connectivity index (χ2v) is 9.31. The molecule has 1 heterocycles. The smallest absolute Gasteiger partial charge is 0.408 e. The van der Waals surface area contributed by atoms with Crippen molar-refractivity contribution in [3.05, 3.63) is 106 Å². The molecule has 0 aliphatic carbocycles. The molecule has 2 amide bonds. The summed E-state index contributed by atoms with van der Waals surface area (Å²) in [5, 5.41) is 17.3. The maximum Gasteiger partial charge on any atom is 0.408 e. The lowest BCUT2D eigenvalue weighted by Gasteiger charge is -2.17. The van der Waals surface area contributed by atoms with Crippen LogP contribution in [-0.2, 0) is 27.4 Å². The van der Waals surface area contributed by atoms with Crippen LogP contribution in [0.3, 0.4) is 0 Å². The fraction of sp³-hybridized carbons (Fsp3) is 0.233. The Kier molecular flexibility index (Phi) is 10.0. The number of para-hydroxylation sites is 1. The summed E-state index contributed by atoms with van der Waals surface area (Å²) >= 11 is 0. The number of rotatable bonds is 13. The van der Waals surface area contributed by atoms with Crippen LogP contribution in [0.5, 0.6) is 5.75 Å². The Morgan fingerprint density at radius 2 is 1.66 bits per heavy atom. The number of nitrogens with zero attached hydrogens (tertiary/aromatic N) is 1. The number of nitro groups is 1. The second kappa shape index (κ2) is 14.3. The SMILES string of the molecule is O=C(Cc1c[nH]c2ccccc12)NCCCC[C@H](NC(=O)OCc1ccccc1)C(=O)Oc1ccc([N+](=O)[O-])cc1. The number of carbonyl (C=O) groups excluding carboxylic acids is 3. The number of non-ortho nitro benzene ring substituents is 1. The number of alkyl carbamates (subject to hydrolysis) is 1. The summed E-state index contributed by atoms with van der Waals surface area (Å²) < 4.78 is 10.6. The summed E-state index contributed by atoms with van der Waals surface area (Å²) in [7, 11) is 0. The predicted octanol–water partition coefficient (Wildman–Crippen LogP) is 4.81. The van der Waals surface area contributed by atoms with Crippen molar-refractivity contribution < 1.29 is 28.8 Å². The van der Waals surface area contributed by atoms with Crippen LogP contribution >= 0.6 is 0 Å². The second-order valence-electron chi connectivity index (χ2n) is 9.31. The molecule has 41 heavy (non-hydrogen) atoms. The summed E-state index contributed by atoms with van der Waals surface area (Å²) in [6.07, 6.45) is 2.56. The van der Waals surface area contributed by atoms with Crippen molar-refractivity contribution in [2.45, 2.75) is 38.3 Å². The topological polar surface area (TPSA) is 153 Å². The molecule has 11 heteroatoms. The molecule has 0 saturated carbocycles. The summed E-state index contributed by atoms with van der Waals surface area (Å²) in [5.41, 5.74) is 2.52. The standard InChI is InChI=1S/C30H30N4O7/c35-28(18-22-19-32-26-11-5-4-10-25(22)26)31-17-7-6-12-27(33-30(37)40-20-21-8-2-1-3-9-21)29(36)41-24-15-13-23(14-16-24)34(38)39/h1-5,8-11,13-16,19,27,32H,6-7,12,17-18,20H2,(H,31,35)(H,33,37)/t27-/m0/s1. The number of unbranched alkanes of at least 4 members (excludes halogenated alkanes) is 1. The van der Waals surface area contributed by atoms with Crippen molar-refractivity contribution in [1.29, 1.82) is 0 Å². The maximum atomic E-state index is 12.9. The molecule has 0 saturated heterocycles. The van der Waals surface area contributed by atoms with E-state index < -0.39 is 23.0 Å². The van der Waals surface area contributed by atoms with E-state index in [1.807, 2.05) is 48.7 Å². The minimum Gasteiger partial charge on any atom is -0.445 e. The monoisotopic (exact) mass is 558 g/mol. The number of nitrogens with one attached hydrogen (secondary N) is 3. The molecule has 0 spiro atoms. The maximum absolute atomic E-state index is 12.9. The van der Waals surface area contributed by atoms with Crippen LogP contribution in [0.25, 0.3) is 10.9 Å². The van der Waals surface area contributed by atoms with Crippen LogP contribution < -0.4 is 15.4 Å². The van der Waals surface area contributed by atoms with E-state index in [9.17, 15) is 24.5 Å². The molecule has 0 radical (unpaired) electrons. The number of amides is 2. The molecule has 3 N–H and O–H groups in total. The van der Waals surface area contributed by atoms with Crippen LogP contribution in [-0.4, -0.2) is 40.5 Å². The molecule has 1 atom stereocenters. The van der Waals surface area contributed by atoms with Crippen molar-refractivity contribution in [1.82, 2.24) is 15.6 Å². The van der Waals surface area contributed by atoms with Gasteiger partial charge in [-0.1, -0.05) is 48.5 Å². The molecule has 11 nitrogen and oxygen atoms in total. The average molecular weight is 559 g/mol. The van der Waals surface area contributed by atoms with Crippen LogP contribution in [0.2, 0.25) is 0 Å². The van der Waals surface area contributed by atoms with E-state index in [1.165, 1.54) is 24.3 Å². The van der Waals surface area contributed by atoms with Crippen LogP contribution in [0, 0.1) is 10.1 Å². The number of hydrogen-bond donors (Lipinski definition) is 3. The number of nitro benzene ring substituents is 1. The lowest BCUT2D eigenvalue weighted by atomic mass is 10.1. The number of carbonyl (C=O) groups is 3. The summed E-state index contributed by atoms with van der Waals surface area (Å²) in [6, 6.07) is 20.9. The fourth-order valence-electron chi connectivity index (χ4n) is 4.19. The number of hydrogen-bond acceptors (Lipinski definition) is 7. The number of aromatic nitrogens is 1. The van der Waals surface area contributed by atoms with Crippen molar-refractivity contribution >= 4 is 34.6 Å². The zero-order chi connectivity index (χ0) is 29.0. The number of H-pyrrole nitrogens is 1. The first kappa shape index (κ1) is 28.8. The summed E-state index contributed by atoms with van der Waals surface area (Å²) in [4.78, 5) is 51.3. The molecule has 0 bridgehead atoms. The van der Waals surface area contributed by atoms with Gasteiger partial charge in [0.15, 0.2) is 0 Å². The van der Waals surface area contributed by atoms with E-state index in [-0.39, 0.29) is 36.8 Å². The molecule has 1 aromatic heterocycles.